The molecule has 2 heterocycles. The van der Waals surface area contributed by atoms with Crippen molar-refractivity contribution in [1.29, 1.82) is 0 Å². The molecule has 0 unspecified atom stereocenters. The topological polar surface area (TPSA) is 95.8 Å². The number of rotatable bonds is 5. The molecule has 26 heavy (non-hydrogen) atoms. The number of aromatic amines is 1. The highest BCUT2D eigenvalue weighted by Gasteiger charge is 2.28. The number of benzene rings is 2. The quantitative estimate of drug-likeness (QED) is 0.563. The Morgan fingerprint density at radius 2 is 2.04 bits per heavy atom. The van der Waals surface area contributed by atoms with E-state index in [-0.39, 0.29) is 24.5 Å². The number of imidazole rings is 1. The van der Waals surface area contributed by atoms with E-state index in [4.69, 9.17) is 10.7 Å². The first-order valence-corrected chi connectivity index (χ1v) is 8.96. The Bertz CT molecular complexity index is 905. The maximum atomic E-state index is 11.5. The molecule has 2 atom stereocenters. The Hall–Kier alpha value is -2.70. The number of hydrogen-bond donors (Lipinski definition) is 4. The van der Waals surface area contributed by atoms with Gasteiger partial charge in [0.1, 0.15) is 5.82 Å². The minimum Gasteiger partial charge on any atom is -0.351 e. The predicted octanol–water partition coefficient (Wildman–Crippen LogP) is 1.63. The molecule has 2 aromatic carbocycles. The summed E-state index contributed by atoms with van der Waals surface area (Å²) < 4.78 is 0. The van der Waals surface area contributed by atoms with E-state index >= 15 is 0 Å². The third-order valence-electron chi connectivity index (χ3n) is 4.83. The SMILES string of the molecule is NCC(=O)N[C@H]1CN[C@H](c2nc3cc(Cc4ccccc4)ccc3[nH]2)C1. The molecule has 6 nitrogen and oxygen atoms in total. The highest BCUT2D eigenvalue weighted by molar-refractivity contribution is 5.78. The second-order valence-corrected chi connectivity index (χ2v) is 6.80. The molecular formula is C20H23N5O. The van der Waals surface area contributed by atoms with Gasteiger partial charge in [0.25, 0.3) is 0 Å². The normalized spacial score (nSPS) is 19.7. The lowest BCUT2D eigenvalue weighted by molar-refractivity contribution is -0.120. The Kier molecular flexibility index (Phi) is 4.69. The number of H-pyrrole nitrogens is 1. The molecule has 3 aromatic rings. The number of nitrogens with two attached hydrogens (primary N) is 1. The molecule has 0 bridgehead atoms. The van der Waals surface area contributed by atoms with Crippen molar-refractivity contribution in [3.05, 3.63) is 65.5 Å². The van der Waals surface area contributed by atoms with Crippen molar-refractivity contribution in [1.82, 2.24) is 20.6 Å². The third-order valence-corrected chi connectivity index (χ3v) is 4.83. The van der Waals surface area contributed by atoms with Gasteiger partial charge in [-0.05, 0) is 36.1 Å². The average Bonchev–Trinajstić information content (AvgIpc) is 3.28. The number of carbonyl (C=O) groups is 1. The van der Waals surface area contributed by atoms with Gasteiger partial charge in [-0.25, -0.2) is 4.98 Å². The summed E-state index contributed by atoms with van der Waals surface area (Å²) in [6.07, 6.45) is 1.70. The van der Waals surface area contributed by atoms with Crippen LogP contribution in [0.2, 0.25) is 0 Å². The number of hydrogen-bond acceptors (Lipinski definition) is 4. The lowest BCUT2D eigenvalue weighted by Crippen LogP contribution is -2.39. The van der Waals surface area contributed by atoms with E-state index < -0.39 is 0 Å². The molecule has 1 aliphatic heterocycles. The molecule has 0 radical (unpaired) electrons. The zero-order valence-electron chi connectivity index (χ0n) is 14.5. The van der Waals surface area contributed by atoms with Crippen LogP contribution in [0.25, 0.3) is 11.0 Å². The van der Waals surface area contributed by atoms with Gasteiger partial charge in [0, 0.05) is 12.6 Å². The molecule has 0 aliphatic carbocycles. The minimum absolute atomic E-state index is 0.0238. The summed E-state index contributed by atoms with van der Waals surface area (Å²) in [4.78, 5) is 19.6. The molecule has 134 valence electrons. The van der Waals surface area contributed by atoms with Crippen molar-refractivity contribution >= 4 is 16.9 Å². The van der Waals surface area contributed by atoms with Gasteiger partial charge in [-0.2, -0.15) is 0 Å². The lowest BCUT2D eigenvalue weighted by Gasteiger charge is -2.10. The second-order valence-electron chi connectivity index (χ2n) is 6.80. The maximum absolute atomic E-state index is 11.5. The Morgan fingerprint density at radius 1 is 1.19 bits per heavy atom. The summed E-state index contributed by atoms with van der Waals surface area (Å²) in [5, 5.41) is 6.35. The van der Waals surface area contributed by atoms with E-state index in [1.807, 2.05) is 6.07 Å². The van der Waals surface area contributed by atoms with Gasteiger partial charge >= 0.3 is 0 Å². The lowest BCUT2D eigenvalue weighted by atomic mass is 10.0. The van der Waals surface area contributed by atoms with E-state index in [1.54, 1.807) is 0 Å². The van der Waals surface area contributed by atoms with Crippen LogP contribution < -0.4 is 16.4 Å². The third kappa shape index (κ3) is 3.61. The number of aromatic nitrogens is 2. The van der Waals surface area contributed by atoms with Crippen LogP contribution in [0.15, 0.2) is 48.5 Å². The smallest absolute Gasteiger partial charge is 0.233 e. The summed E-state index contributed by atoms with van der Waals surface area (Å²) in [5.74, 6) is 0.800. The minimum atomic E-state index is -0.118. The Labute approximate surface area is 152 Å². The van der Waals surface area contributed by atoms with Gasteiger partial charge in [0.15, 0.2) is 0 Å². The largest absolute Gasteiger partial charge is 0.351 e. The molecule has 1 aromatic heterocycles. The van der Waals surface area contributed by atoms with Crippen LogP contribution in [-0.2, 0) is 11.2 Å². The zero-order chi connectivity index (χ0) is 17.9. The Morgan fingerprint density at radius 3 is 2.85 bits per heavy atom. The van der Waals surface area contributed by atoms with Crippen molar-refractivity contribution in [3.63, 3.8) is 0 Å². The summed E-state index contributed by atoms with van der Waals surface area (Å²) in [7, 11) is 0. The molecule has 1 saturated heterocycles. The van der Waals surface area contributed by atoms with Crippen molar-refractivity contribution in [2.75, 3.05) is 13.1 Å². The molecule has 6 heteroatoms. The van der Waals surface area contributed by atoms with Crippen LogP contribution in [0.3, 0.4) is 0 Å². The first kappa shape index (κ1) is 16.8. The van der Waals surface area contributed by atoms with E-state index in [9.17, 15) is 4.79 Å². The van der Waals surface area contributed by atoms with Gasteiger partial charge in [-0.1, -0.05) is 36.4 Å². The zero-order valence-corrected chi connectivity index (χ0v) is 14.5. The number of nitrogens with zero attached hydrogens (tertiary/aromatic N) is 1. The van der Waals surface area contributed by atoms with Gasteiger partial charge in [0.05, 0.1) is 23.6 Å². The van der Waals surface area contributed by atoms with E-state index in [0.717, 1.165) is 36.2 Å². The standard InChI is InChI=1S/C20H23N5O/c21-11-19(26)23-15-10-18(22-12-15)20-24-16-7-6-14(9-17(16)25-20)8-13-4-2-1-3-5-13/h1-7,9,15,18,22H,8,10-12,21H2,(H,23,26)(H,24,25)/t15-,18+/m1/s1. The molecule has 0 spiro atoms. The molecular weight excluding hydrogens is 326 g/mol. The maximum Gasteiger partial charge on any atom is 0.233 e. The molecule has 4 rings (SSSR count). The second kappa shape index (κ2) is 7.27. The molecule has 5 N–H and O–H groups in total. The van der Waals surface area contributed by atoms with Gasteiger partial charge in [-0.15, -0.1) is 0 Å². The fraction of sp³-hybridized carbons (Fsp3) is 0.300. The van der Waals surface area contributed by atoms with Crippen molar-refractivity contribution in [3.8, 4) is 0 Å². The van der Waals surface area contributed by atoms with Gasteiger partial charge in [0.2, 0.25) is 5.91 Å². The molecule has 0 saturated carbocycles. The predicted molar refractivity (Wildman–Crippen MR) is 102 cm³/mol. The van der Waals surface area contributed by atoms with Crippen molar-refractivity contribution in [2.45, 2.75) is 24.9 Å². The average molecular weight is 349 g/mol. The van der Waals surface area contributed by atoms with Crippen LogP contribution in [0.5, 0.6) is 0 Å². The summed E-state index contributed by atoms with van der Waals surface area (Å²) >= 11 is 0. The summed E-state index contributed by atoms with van der Waals surface area (Å²) in [5.41, 5.74) is 9.91. The van der Waals surface area contributed by atoms with E-state index in [1.165, 1.54) is 11.1 Å². The van der Waals surface area contributed by atoms with E-state index in [2.05, 4.69) is 58.1 Å². The molecule has 1 amide bonds. The molecule has 1 aliphatic rings. The number of carbonyl (C=O) groups excluding carboxylic acids is 1. The molecule has 1 fully saturated rings. The van der Waals surface area contributed by atoms with Crippen LogP contribution in [0.1, 0.15) is 29.4 Å². The fourth-order valence-corrected chi connectivity index (χ4v) is 3.52. The van der Waals surface area contributed by atoms with Crippen molar-refractivity contribution < 1.29 is 4.79 Å². The van der Waals surface area contributed by atoms with Gasteiger partial charge < -0.3 is 21.4 Å². The highest BCUT2D eigenvalue weighted by Crippen LogP contribution is 2.24. The monoisotopic (exact) mass is 349 g/mol. The van der Waals surface area contributed by atoms with Crippen LogP contribution in [-0.4, -0.2) is 35.0 Å². The Balaban J connectivity index is 1.48. The van der Waals surface area contributed by atoms with Crippen LogP contribution in [0, 0.1) is 0 Å². The highest BCUT2D eigenvalue weighted by atomic mass is 16.1. The van der Waals surface area contributed by atoms with E-state index in [0.29, 0.717) is 0 Å². The number of amides is 1. The van der Waals surface area contributed by atoms with Crippen LogP contribution >= 0.6 is 0 Å². The van der Waals surface area contributed by atoms with Crippen LogP contribution in [0.4, 0.5) is 0 Å². The fourth-order valence-electron chi connectivity index (χ4n) is 3.52. The number of fused-ring (bicyclic) bond motifs is 1. The number of nitrogens with one attached hydrogen (secondary N) is 3. The van der Waals surface area contributed by atoms with Crippen molar-refractivity contribution in [2.24, 2.45) is 5.73 Å². The first-order valence-electron chi connectivity index (χ1n) is 8.96. The van der Waals surface area contributed by atoms with Gasteiger partial charge in [-0.3, -0.25) is 4.79 Å². The first-order chi connectivity index (χ1) is 12.7. The summed E-state index contributed by atoms with van der Waals surface area (Å²) in [6, 6.07) is 17.0. The summed E-state index contributed by atoms with van der Waals surface area (Å²) in [6.45, 7) is 0.753.